The van der Waals surface area contributed by atoms with E-state index in [1.807, 2.05) is 0 Å². The van der Waals surface area contributed by atoms with E-state index in [9.17, 15) is 13.2 Å². The molecule has 0 spiro atoms. The fourth-order valence-corrected chi connectivity index (χ4v) is 1.08. The van der Waals surface area contributed by atoms with Gasteiger partial charge in [0.15, 0.2) is 6.10 Å². The highest BCUT2D eigenvalue weighted by Crippen LogP contribution is 2.32. The second-order valence-electron chi connectivity index (χ2n) is 2.56. The van der Waals surface area contributed by atoms with Crippen molar-refractivity contribution in [3.63, 3.8) is 0 Å². The average Bonchev–Trinajstić information content (AvgIpc) is 2.29. The van der Waals surface area contributed by atoms with E-state index in [0.717, 1.165) is 0 Å². The van der Waals surface area contributed by atoms with E-state index in [-0.39, 0.29) is 6.42 Å². The molecule has 0 amide bonds. The topological polar surface area (TPSA) is 36.3 Å². The summed E-state index contributed by atoms with van der Waals surface area (Å²) in [6, 6.07) is -0.0183. The minimum atomic E-state index is -4.32. The fourth-order valence-electron chi connectivity index (χ4n) is 1.08. The lowest BCUT2D eigenvalue weighted by molar-refractivity contribution is -0.228. The van der Waals surface area contributed by atoms with Gasteiger partial charge in [-0.15, -0.1) is 0 Å². The lowest BCUT2D eigenvalue weighted by Gasteiger charge is -2.19. The molecule has 0 radical (unpaired) electrons. The number of hydrogen-bond donors (Lipinski definition) is 0. The van der Waals surface area contributed by atoms with Crippen LogP contribution in [0.4, 0.5) is 13.2 Å². The highest BCUT2D eigenvalue weighted by atomic mass is 19.4. The molecule has 1 aliphatic rings. The summed E-state index contributed by atoms with van der Waals surface area (Å²) in [5.74, 6) is 0. The van der Waals surface area contributed by atoms with Crippen LogP contribution in [0.25, 0.3) is 0 Å². The first-order chi connectivity index (χ1) is 5.45. The van der Waals surface area contributed by atoms with E-state index >= 15 is 0 Å². The van der Waals surface area contributed by atoms with Crippen molar-refractivity contribution in [3.8, 4) is 6.07 Å². The molecule has 0 aromatic rings. The smallest absolute Gasteiger partial charge is 0.280 e. The van der Waals surface area contributed by atoms with Gasteiger partial charge in [-0.3, -0.25) is 4.84 Å². The van der Waals surface area contributed by atoms with Gasteiger partial charge < -0.3 is 0 Å². The second kappa shape index (κ2) is 2.92. The van der Waals surface area contributed by atoms with Crippen molar-refractivity contribution >= 4 is 0 Å². The zero-order valence-electron chi connectivity index (χ0n) is 6.30. The number of alkyl halides is 3. The van der Waals surface area contributed by atoms with Gasteiger partial charge in [0.2, 0.25) is 0 Å². The molecule has 1 saturated heterocycles. The Labute approximate surface area is 67.3 Å². The molecule has 68 valence electrons. The van der Waals surface area contributed by atoms with Crippen molar-refractivity contribution in [1.29, 1.82) is 5.26 Å². The van der Waals surface area contributed by atoms with E-state index in [1.54, 1.807) is 6.07 Å². The Bertz CT molecular complexity index is 210. The molecule has 3 nitrogen and oxygen atoms in total. The van der Waals surface area contributed by atoms with Crippen LogP contribution in [-0.2, 0) is 4.84 Å². The van der Waals surface area contributed by atoms with Crippen LogP contribution < -0.4 is 0 Å². The monoisotopic (exact) mass is 180 g/mol. The van der Waals surface area contributed by atoms with Crippen LogP contribution in [0.15, 0.2) is 0 Å². The Hall–Kier alpha value is -0.800. The van der Waals surface area contributed by atoms with Gasteiger partial charge >= 0.3 is 6.18 Å². The molecule has 1 heterocycles. The van der Waals surface area contributed by atoms with Crippen LogP contribution in [0.5, 0.6) is 0 Å². The van der Waals surface area contributed by atoms with Crippen molar-refractivity contribution in [3.05, 3.63) is 0 Å². The van der Waals surface area contributed by atoms with Gasteiger partial charge in [0, 0.05) is 13.5 Å². The third-order valence-corrected chi connectivity index (χ3v) is 1.69. The number of hydroxylamine groups is 2. The van der Waals surface area contributed by atoms with E-state index in [2.05, 4.69) is 4.84 Å². The maximum absolute atomic E-state index is 12.1. The first-order valence-corrected chi connectivity index (χ1v) is 3.31. The highest BCUT2D eigenvalue weighted by Gasteiger charge is 2.48. The van der Waals surface area contributed by atoms with Crippen molar-refractivity contribution < 1.29 is 18.0 Å². The summed E-state index contributed by atoms with van der Waals surface area (Å²) in [5, 5.41) is 8.99. The van der Waals surface area contributed by atoms with Gasteiger partial charge in [0.1, 0.15) is 6.04 Å². The molecule has 0 unspecified atom stereocenters. The lowest BCUT2D eigenvalue weighted by atomic mass is 10.1. The van der Waals surface area contributed by atoms with Crippen molar-refractivity contribution in [2.75, 3.05) is 7.05 Å². The minimum Gasteiger partial charge on any atom is -0.280 e. The molecule has 6 heteroatoms. The normalized spacial score (nSPS) is 31.9. The van der Waals surface area contributed by atoms with E-state index in [4.69, 9.17) is 5.26 Å². The fraction of sp³-hybridized carbons (Fsp3) is 0.833. The molecule has 0 aromatic heterocycles. The van der Waals surface area contributed by atoms with Crippen LogP contribution in [0.3, 0.4) is 0 Å². The summed E-state index contributed by atoms with van der Waals surface area (Å²) in [7, 11) is 1.18. The molecule has 1 fully saturated rings. The van der Waals surface area contributed by atoms with Crippen LogP contribution in [0, 0.1) is 11.3 Å². The summed E-state index contributed by atoms with van der Waals surface area (Å²) in [6.45, 7) is 0. The molecule has 0 aromatic carbocycles. The standard InChI is InChI=1S/C6H7F3N2O/c1-11-5(6(7,8)9)2-4(3-10)12-11/h4-5H,2H2,1H3/t4-,5+/m1/s1. The zero-order chi connectivity index (χ0) is 9.35. The second-order valence-corrected chi connectivity index (χ2v) is 2.56. The zero-order valence-corrected chi connectivity index (χ0v) is 6.30. The number of nitrogens with zero attached hydrogens (tertiary/aromatic N) is 2. The SMILES string of the molecule is CN1O[C@@H](C#N)C[C@H]1C(F)(F)F. The van der Waals surface area contributed by atoms with E-state index in [0.29, 0.717) is 5.06 Å². The molecule has 0 N–H and O–H groups in total. The minimum absolute atomic E-state index is 0.309. The van der Waals surface area contributed by atoms with E-state index < -0.39 is 18.3 Å². The number of nitriles is 1. The summed E-state index contributed by atoms with van der Waals surface area (Å²) in [4.78, 5) is 4.60. The summed E-state index contributed by atoms with van der Waals surface area (Å²) < 4.78 is 36.3. The Morgan fingerprint density at radius 1 is 1.58 bits per heavy atom. The van der Waals surface area contributed by atoms with Gasteiger partial charge in [-0.25, -0.2) is 0 Å². The molecule has 1 aliphatic heterocycles. The summed E-state index contributed by atoms with van der Waals surface area (Å²) in [6.07, 6.45) is -5.60. The quantitative estimate of drug-likeness (QED) is 0.559. The predicted molar refractivity (Wildman–Crippen MR) is 32.7 cm³/mol. The van der Waals surface area contributed by atoms with Gasteiger partial charge in [0.25, 0.3) is 0 Å². The van der Waals surface area contributed by atoms with Crippen molar-refractivity contribution in [2.45, 2.75) is 24.7 Å². The molecule has 1 rings (SSSR count). The van der Waals surface area contributed by atoms with Crippen LogP contribution in [-0.4, -0.2) is 30.4 Å². The molecular weight excluding hydrogens is 173 g/mol. The predicted octanol–water partition coefficient (Wildman–Crippen LogP) is 1.08. The largest absolute Gasteiger partial charge is 0.406 e. The number of halogens is 3. The van der Waals surface area contributed by atoms with Crippen LogP contribution in [0.2, 0.25) is 0 Å². The first kappa shape index (κ1) is 9.29. The van der Waals surface area contributed by atoms with Crippen molar-refractivity contribution in [2.24, 2.45) is 0 Å². The summed E-state index contributed by atoms with van der Waals surface area (Å²) >= 11 is 0. The first-order valence-electron chi connectivity index (χ1n) is 3.31. The highest BCUT2D eigenvalue weighted by molar-refractivity contribution is 4.93. The maximum atomic E-state index is 12.1. The van der Waals surface area contributed by atoms with Gasteiger partial charge in [-0.1, -0.05) is 0 Å². The third-order valence-electron chi connectivity index (χ3n) is 1.69. The number of hydrogen-bond acceptors (Lipinski definition) is 3. The Morgan fingerprint density at radius 3 is 2.42 bits per heavy atom. The average molecular weight is 180 g/mol. The van der Waals surface area contributed by atoms with Gasteiger partial charge in [-0.2, -0.15) is 23.5 Å². The lowest BCUT2D eigenvalue weighted by Crippen LogP contribution is -2.37. The van der Waals surface area contributed by atoms with Crippen LogP contribution >= 0.6 is 0 Å². The molecule has 12 heavy (non-hydrogen) atoms. The van der Waals surface area contributed by atoms with Gasteiger partial charge in [0.05, 0.1) is 6.07 Å². The maximum Gasteiger partial charge on any atom is 0.406 e. The van der Waals surface area contributed by atoms with E-state index in [1.165, 1.54) is 7.05 Å². The van der Waals surface area contributed by atoms with Crippen molar-refractivity contribution in [1.82, 2.24) is 5.06 Å². The molecule has 2 atom stereocenters. The molecule has 0 aliphatic carbocycles. The summed E-state index contributed by atoms with van der Waals surface area (Å²) in [5.41, 5.74) is 0. The van der Waals surface area contributed by atoms with Gasteiger partial charge in [-0.05, 0) is 0 Å². The Kier molecular flexibility index (Phi) is 2.26. The number of rotatable bonds is 0. The Morgan fingerprint density at radius 2 is 2.17 bits per heavy atom. The third kappa shape index (κ3) is 1.68. The molecule has 0 saturated carbocycles. The molecular formula is C6H7F3N2O. The molecule has 0 bridgehead atoms. The Balaban J connectivity index is 2.65. The van der Waals surface area contributed by atoms with Crippen LogP contribution in [0.1, 0.15) is 6.42 Å².